The second kappa shape index (κ2) is 6.67. The highest BCUT2D eigenvalue weighted by Crippen LogP contribution is 2.29. The summed E-state index contributed by atoms with van der Waals surface area (Å²) < 4.78 is 11.0. The van der Waals surface area contributed by atoms with Gasteiger partial charge >= 0.3 is 0 Å². The van der Waals surface area contributed by atoms with E-state index in [1.54, 1.807) is 0 Å². The van der Waals surface area contributed by atoms with Gasteiger partial charge in [0, 0.05) is 17.7 Å². The molecule has 0 saturated carbocycles. The van der Waals surface area contributed by atoms with Crippen molar-refractivity contribution in [1.29, 1.82) is 0 Å². The number of nitro benzene ring substituents is 1. The van der Waals surface area contributed by atoms with Crippen LogP contribution < -0.4 is 4.74 Å². The zero-order valence-electron chi connectivity index (χ0n) is 12.6. The number of halogens is 1. The van der Waals surface area contributed by atoms with Gasteiger partial charge < -0.3 is 9.15 Å². The van der Waals surface area contributed by atoms with Crippen molar-refractivity contribution < 1.29 is 14.1 Å². The van der Waals surface area contributed by atoms with Crippen LogP contribution in [0.25, 0.3) is 11.5 Å². The van der Waals surface area contributed by atoms with Crippen LogP contribution in [0.5, 0.6) is 5.75 Å². The van der Waals surface area contributed by atoms with Gasteiger partial charge in [0.15, 0.2) is 6.61 Å². The Bertz CT molecular complexity index is 895. The van der Waals surface area contributed by atoms with Gasteiger partial charge in [-0.25, -0.2) is 0 Å². The molecule has 1 heterocycles. The lowest BCUT2D eigenvalue weighted by atomic mass is 10.1. The summed E-state index contributed by atoms with van der Waals surface area (Å²) in [6.45, 7) is 1.98. The van der Waals surface area contributed by atoms with Crippen molar-refractivity contribution >= 4 is 17.3 Å². The molecular weight excluding hydrogens is 334 g/mol. The van der Waals surface area contributed by atoms with Gasteiger partial charge in [-0.05, 0) is 25.1 Å². The van der Waals surface area contributed by atoms with E-state index < -0.39 is 4.92 Å². The molecule has 0 aliphatic heterocycles. The lowest BCUT2D eigenvalue weighted by Crippen LogP contribution is -1.97. The first-order chi connectivity index (χ1) is 11.5. The molecule has 0 aliphatic carbocycles. The lowest BCUT2D eigenvalue weighted by molar-refractivity contribution is -0.384. The summed E-state index contributed by atoms with van der Waals surface area (Å²) >= 11 is 5.96. The summed E-state index contributed by atoms with van der Waals surface area (Å²) in [6.07, 6.45) is 0. The summed E-state index contributed by atoms with van der Waals surface area (Å²) in [4.78, 5) is 10.2. The molecule has 2 aromatic carbocycles. The fourth-order valence-electron chi connectivity index (χ4n) is 2.07. The molecular formula is C16H12ClN3O4. The molecule has 0 bridgehead atoms. The molecule has 24 heavy (non-hydrogen) atoms. The molecule has 0 atom stereocenters. The highest BCUT2D eigenvalue weighted by Gasteiger charge is 2.13. The van der Waals surface area contributed by atoms with Crippen LogP contribution in [0.2, 0.25) is 5.02 Å². The second-order valence-corrected chi connectivity index (χ2v) is 5.44. The molecule has 0 radical (unpaired) electrons. The zero-order chi connectivity index (χ0) is 17.1. The highest BCUT2D eigenvalue weighted by molar-refractivity contribution is 6.32. The number of hydrogen-bond acceptors (Lipinski definition) is 6. The number of non-ortho nitro benzene ring substituents is 1. The van der Waals surface area contributed by atoms with E-state index in [4.69, 9.17) is 20.8 Å². The van der Waals surface area contributed by atoms with E-state index in [9.17, 15) is 10.1 Å². The first-order valence-corrected chi connectivity index (χ1v) is 7.37. The minimum Gasteiger partial charge on any atom is -0.482 e. The molecule has 0 saturated heterocycles. The highest BCUT2D eigenvalue weighted by atomic mass is 35.5. The van der Waals surface area contributed by atoms with Gasteiger partial charge in [0.05, 0.1) is 9.95 Å². The number of rotatable bonds is 5. The van der Waals surface area contributed by atoms with Crippen LogP contribution in [0, 0.1) is 17.0 Å². The first-order valence-electron chi connectivity index (χ1n) is 6.99. The molecule has 0 unspecified atom stereocenters. The number of aryl methyl sites for hydroxylation is 1. The monoisotopic (exact) mass is 345 g/mol. The molecule has 3 rings (SSSR count). The zero-order valence-corrected chi connectivity index (χ0v) is 13.4. The van der Waals surface area contributed by atoms with Crippen molar-refractivity contribution in [3.05, 3.63) is 69.1 Å². The van der Waals surface area contributed by atoms with Crippen molar-refractivity contribution in [3.63, 3.8) is 0 Å². The van der Waals surface area contributed by atoms with E-state index in [1.807, 2.05) is 31.2 Å². The Morgan fingerprint density at radius 2 is 2.08 bits per heavy atom. The molecule has 0 aliphatic rings. The molecule has 1 aromatic heterocycles. The molecule has 0 N–H and O–H groups in total. The minimum absolute atomic E-state index is 0.0103. The van der Waals surface area contributed by atoms with Crippen LogP contribution in [0.15, 0.2) is 46.9 Å². The number of nitro groups is 1. The summed E-state index contributed by atoms with van der Waals surface area (Å²) in [5.74, 6) is 0.977. The van der Waals surface area contributed by atoms with E-state index in [2.05, 4.69) is 10.2 Å². The number of hydrogen-bond donors (Lipinski definition) is 0. The van der Waals surface area contributed by atoms with Gasteiger partial charge in [-0.1, -0.05) is 29.3 Å². The predicted molar refractivity (Wildman–Crippen MR) is 86.9 cm³/mol. The Morgan fingerprint density at radius 1 is 1.25 bits per heavy atom. The van der Waals surface area contributed by atoms with Gasteiger partial charge in [-0.2, -0.15) is 0 Å². The van der Waals surface area contributed by atoms with Crippen molar-refractivity contribution in [2.45, 2.75) is 13.5 Å². The number of aromatic nitrogens is 2. The summed E-state index contributed by atoms with van der Waals surface area (Å²) in [7, 11) is 0. The van der Waals surface area contributed by atoms with Gasteiger partial charge in [0.2, 0.25) is 5.89 Å². The minimum atomic E-state index is -0.526. The molecule has 0 amide bonds. The number of nitrogens with zero attached hydrogens (tertiary/aromatic N) is 3. The van der Waals surface area contributed by atoms with Gasteiger partial charge in [0.25, 0.3) is 11.6 Å². The maximum absolute atomic E-state index is 10.7. The Balaban J connectivity index is 1.71. The summed E-state index contributed by atoms with van der Waals surface area (Å²) in [5.41, 5.74) is 1.80. The van der Waals surface area contributed by atoms with Crippen LogP contribution in [0.1, 0.15) is 11.5 Å². The van der Waals surface area contributed by atoms with Crippen LogP contribution in [-0.4, -0.2) is 15.1 Å². The molecule has 3 aromatic rings. The van der Waals surface area contributed by atoms with E-state index in [0.717, 1.165) is 11.1 Å². The topological polar surface area (TPSA) is 91.3 Å². The van der Waals surface area contributed by atoms with Crippen molar-refractivity contribution in [2.24, 2.45) is 0 Å². The quantitative estimate of drug-likeness (QED) is 0.508. The normalized spacial score (nSPS) is 10.6. The summed E-state index contributed by atoms with van der Waals surface area (Å²) in [6, 6.07) is 11.7. The van der Waals surface area contributed by atoms with E-state index in [0.29, 0.717) is 11.6 Å². The number of benzene rings is 2. The van der Waals surface area contributed by atoms with Gasteiger partial charge in [-0.15, -0.1) is 10.2 Å². The third kappa shape index (κ3) is 3.52. The third-order valence-corrected chi connectivity index (χ3v) is 3.50. The maximum atomic E-state index is 10.7. The predicted octanol–water partition coefficient (Wildman–Crippen LogP) is 4.19. The molecule has 8 heteroatoms. The molecule has 7 nitrogen and oxygen atoms in total. The van der Waals surface area contributed by atoms with Crippen molar-refractivity contribution in [3.8, 4) is 17.2 Å². The molecule has 0 fully saturated rings. The SMILES string of the molecule is Cc1cccc(-c2nnc(COc3ccc([N+](=O)[O-])cc3Cl)o2)c1. The Labute approximate surface area is 142 Å². The maximum Gasteiger partial charge on any atom is 0.271 e. The summed E-state index contributed by atoms with van der Waals surface area (Å²) in [5, 5.41) is 18.7. The Morgan fingerprint density at radius 3 is 2.79 bits per heavy atom. The Kier molecular flexibility index (Phi) is 4.43. The van der Waals surface area contributed by atoms with Gasteiger partial charge in [-0.3, -0.25) is 10.1 Å². The van der Waals surface area contributed by atoms with E-state index in [1.165, 1.54) is 18.2 Å². The van der Waals surface area contributed by atoms with Crippen LogP contribution in [0.4, 0.5) is 5.69 Å². The second-order valence-electron chi connectivity index (χ2n) is 5.03. The van der Waals surface area contributed by atoms with Crippen LogP contribution >= 0.6 is 11.6 Å². The van der Waals surface area contributed by atoms with E-state index >= 15 is 0 Å². The van der Waals surface area contributed by atoms with Gasteiger partial charge in [0.1, 0.15) is 5.75 Å². The largest absolute Gasteiger partial charge is 0.482 e. The molecule has 0 spiro atoms. The van der Waals surface area contributed by atoms with Crippen LogP contribution in [-0.2, 0) is 6.61 Å². The fraction of sp³-hybridized carbons (Fsp3) is 0.125. The lowest BCUT2D eigenvalue weighted by Gasteiger charge is -2.05. The average Bonchev–Trinajstić information content (AvgIpc) is 3.02. The van der Waals surface area contributed by atoms with Crippen LogP contribution in [0.3, 0.4) is 0 Å². The van der Waals surface area contributed by atoms with Crippen molar-refractivity contribution in [2.75, 3.05) is 0 Å². The molecule has 122 valence electrons. The Hall–Kier alpha value is -2.93. The standard InChI is InChI=1S/C16H12ClN3O4/c1-10-3-2-4-11(7-10)16-19-18-15(24-16)9-23-14-6-5-12(20(21)22)8-13(14)17/h2-8H,9H2,1H3. The average molecular weight is 346 g/mol. The first kappa shape index (κ1) is 15.9. The number of ether oxygens (including phenoxy) is 1. The van der Waals surface area contributed by atoms with Crippen molar-refractivity contribution in [1.82, 2.24) is 10.2 Å². The van der Waals surface area contributed by atoms with E-state index in [-0.39, 0.29) is 23.2 Å². The third-order valence-electron chi connectivity index (χ3n) is 3.21. The fourth-order valence-corrected chi connectivity index (χ4v) is 2.30. The smallest absolute Gasteiger partial charge is 0.271 e.